The molecular formula is C5H13O2Ti. The second kappa shape index (κ2) is 27.1. The average Bonchev–Trinajstić information content (AvgIpc) is 0.811. The van der Waals surface area contributed by atoms with E-state index in [1.54, 1.807) is 0 Å². The van der Waals surface area contributed by atoms with Gasteiger partial charge in [0.25, 0.3) is 5.97 Å². The minimum absolute atomic E-state index is 0. The molecule has 1 N–H and O–H groups in total. The van der Waals surface area contributed by atoms with E-state index in [0.717, 1.165) is 6.92 Å². The third-order valence-electron chi connectivity index (χ3n) is 0. The molecule has 0 rings (SSSR count). The van der Waals surface area contributed by atoms with Crippen LogP contribution in [0, 0.1) is 22.3 Å². The van der Waals surface area contributed by atoms with Crippen LogP contribution in [0.5, 0.6) is 0 Å². The second-order valence-electron chi connectivity index (χ2n) is 0.519. The van der Waals surface area contributed by atoms with E-state index in [9.17, 15) is 0 Å². The Morgan fingerprint density at radius 2 is 1.25 bits per heavy atom. The van der Waals surface area contributed by atoms with Crippen LogP contribution in [0.2, 0.25) is 0 Å². The maximum absolute atomic E-state index is 9.00. The molecule has 0 aromatic carbocycles. The minimum atomic E-state index is -0.833. The Labute approximate surface area is 67.2 Å². The van der Waals surface area contributed by atoms with Crippen molar-refractivity contribution < 1.29 is 31.6 Å². The van der Waals surface area contributed by atoms with Crippen molar-refractivity contribution >= 4 is 5.97 Å². The molecule has 0 amide bonds. The van der Waals surface area contributed by atoms with E-state index in [1.165, 1.54) is 0 Å². The number of hydrogen-bond acceptors (Lipinski definition) is 1. The van der Waals surface area contributed by atoms with Gasteiger partial charge in [0.2, 0.25) is 0 Å². The fourth-order valence-electron chi connectivity index (χ4n) is 0. The number of rotatable bonds is 0. The molecule has 0 saturated heterocycles. The third-order valence-corrected chi connectivity index (χ3v) is 0. The van der Waals surface area contributed by atoms with Gasteiger partial charge in [-0.1, -0.05) is 0 Å². The van der Waals surface area contributed by atoms with Gasteiger partial charge in [-0.05, 0) is 0 Å². The zero-order valence-electron chi connectivity index (χ0n) is 5.86. The predicted octanol–water partition coefficient (Wildman–Crippen LogP) is 1.44. The van der Waals surface area contributed by atoms with Crippen LogP contribution in [-0.2, 0) is 26.5 Å². The molecule has 8 heavy (non-hydrogen) atoms. The second-order valence-corrected chi connectivity index (χ2v) is 0.519. The first-order valence-corrected chi connectivity index (χ1v) is 0.928. The first-order chi connectivity index (χ1) is 1.73. The molecule has 0 saturated carbocycles. The molecule has 0 aromatic heterocycles. The van der Waals surface area contributed by atoms with Crippen molar-refractivity contribution in [2.75, 3.05) is 0 Å². The molecule has 0 aliphatic rings. The molecule has 0 aliphatic heterocycles. The van der Waals surface area contributed by atoms with Gasteiger partial charge in [-0.25, -0.2) is 0 Å². The summed E-state index contributed by atoms with van der Waals surface area (Å²) in [6.07, 6.45) is 0. The summed E-state index contributed by atoms with van der Waals surface area (Å²) in [7, 11) is 0. The maximum atomic E-state index is 9.00. The van der Waals surface area contributed by atoms with Gasteiger partial charge in [-0.3, -0.25) is 4.79 Å². The zero-order valence-corrected chi connectivity index (χ0v) is 7.42. The smallest absolute Gasteiger partial charge is 0.481 e. The van der Waals surface area contributed by atoms with Crippen molar-refractivity contribution in [1.82, 2.24) is 0 Å². The summed E-state index contributed by atoms with van der Waals surface area (Å²) in [6.45, 7) is 1.08. The summed E-state index contributed by atoms with van der Waals surface area (Å²) in [5.41, 5.74) is 0. The summed E-state index contributed by atoms with van der Waals surface area (Å²) in [5, 5.41) is 7.42. The molecule has 0 heterocycles. The zero-order chi connectivity index (χ0) is 3.58. The molecular weight excluding hydrogens is 140 g/mol. The molecule has 0 spiro atoms. The van der Waals surface area contributed by atoms with Crippen LogP contribution in [0.4, 0.5) is 0 Å². The van der Waals surface area contributed by atoms with Gasteiger partial charge in [0.1, 0.15) is 0 Å². The third kappa shape index (κ3) is 4890. The van der Waals surface area contributed by atoms with Crippen LogP contribution in [-0.4, -0.2) is 11.1 Å². The van der Waals surface area contributed by atoms with E-state index in [1.807, 2.05) is 0 Å². The van der Waals surface area contributed by atoms with Gasteiger partial charge in [-0.2, -0.15) is 0 Å². The van der Waals surface area contributed by atoms with Crippen LogP contribution in [0.1, 0.15) is 6.92 Å². The van der Waals surface area contributed by atoms with Gasteiger partial charge < -0.3 is 27.4 Å². The molecule has 0 aliphatic carbocycles. The van der Waals surface area contributed by atoms with Crippen LogP contribution in [0.25, 0.3) is 0 Å². The van der Waals surface area contributed by atoms with E-state index in [-0.39, 0.29) is 44.0 Å². The Bertz CT molecular complexity index is 33.4. The van der Waals surface area contributed by atoms with Crippen LogP contribution >= 0.6 is 0 Å². The van der Waals surface area contributed by atoms with Crippen molar-refractivity contribution in [2.45, 2.75) is 6.92 Å². The largest absolute Gasteiger partial charge is 3.00 e. The predicted molar refractivity (Wildman–Crippen MR) is 32.6 cm³/mol. The van der Waals surface area contributed by atoms with Crippen LogP contribution in [0.15, 0.2) is 0 Å². The SMILES string of the molecule is CC(=O)O.[CH3-].[CH3-].[CH3-].[Ti+3]. The van der Waals surface area contributed by atoms with Crippen molar-refractivity contribution in [3.63, 3.8) is 0 Å². The Morgan fingerprint density at radius 1 is 1.25 bits per heavy atom. The fourth-order valence-corrected chi connectivity index (χ4v) is 0. The fraction of sp³-hybridized carbons (Fsp3) is 0.200. The molecule has 0 bridgehead atoms. The van der Waals surface area contributed by atoms with Gasteiger partial charge in [-0.15, -0.1) is 0 Å². The number of aliphatic carboxylic acids is 1. The molecule has 0 atom stereocenters. The van der Waals surface area contributed by atoms with E-state index in [4.69, 9.17) is 9.90 Å². The molecule has 1 radical (unpaired) electrons. The first kappa shape index (κ1) is 41.7. The number of hydrogen-bond donors (Lipinski definition) is 1. The number of carbonyl (C=O) groups is 1. The van der Waals surface area contributed by atoms with Gasteiger partial charge >= 0.3 is 21.7 Å². The summed E-state index contributed by atoms with van der Waals surface area (Å²) in [5.74, 6) is -0.833. The first-order valence-electron chi connectivity index (χ1n) is 0.928. The maximum Gasteiger partial charge on any atom is 3.00 e. The quantitative estimate of drug-likeness (QED) is 0.422. The number of carboxylic acid groups (broad SMARTS) is 1. The van der Waals surface area contributed by atoms with Crippen LogP contribution in [0.3, 0.4) is 0 Å². The Hall–Kier alpha value is 0.184. The van der Waals surface area contributed by atoms with Gasteiger partial charge in [0.15, 0.2) is 0 Å². The van der Waals surface area contributed by atoms with Gasteiger partial charge in [0, 0.05) is 6.92 Å². The van der Waals surface area contributed by atoms with E-state index in [2.05, 4.69) is 0 Å². The molecule has 0 fully saturated rings. The van der Waals surface area contributed by atoms with Gasteiger partial charge in [0.05, 0.1) is 0 Å². The van der Waals surface area contributed by atoms with Crippen molar-refractivity contribution in [2.24, 2.45) is 0 Å². The monoisotopic (exact) mass is 153 g/mol. The normalized spacial score (nSPS) is 3.12. The van der Waals surface area contributed by atoms with E-state index in [0.29, 0.717) is 0 Å². The van der Waals surface area contributed by atoms with Crippen molar-refractivity contribution in [3.8, 4) is 0 Å². The molecule has 0 unspecified atom stereocenters. The van der Waals surface area contributed by atoms with E-state index >= 15 is 0 Å². The molecule has 3 heteroatoms. The molecule has 49 valence electrons. The Morgan fingerprint density at radius 3 is 1.25 bits per heavy atom. The van der Waals surface area contributed by atoms with Crippen LogP contribution < -0.4 is 0 Å². The standard InChI is InChI=1S/C2H4O2.3CH3.Ti/c1-2(3)4;;;;/h1H3,(H,3,4);3*1H3;/q;3*-1;+3. The average molecular weight is 153 g/mol. The minimum Gasteiger partial charge on any atom is -0.481 e. The Balaban J connectivity index is -0.00000000750. The number of carboxylic acids is 1. The summed E-state index contributed by atoms with van der Waals surface area (Å²) >= 11 is 0. The molecule has 0 aromatic rings. The van der Waals surface area contributed by atoms with Crippen molar-refractivity contribution in [3.05, 3.63) is 22.3 Å². The Kier molecular flexibility index (Phi) is 141. The van der Waals surface area contributed by atoms with Crippen molar-refractivity contribution in [1.29, 1.82) is 0 Å². The summed E-state index contributed by atoms with van der Waals surface area (Å²) in [4.78, 5) is 9.00. The topological polar surface area (TPSA) is 37.3 Å². The van der Waals surface area contributed by atoms with E-state index < -0.39 is 5.97 Å². The molecule has 2 nitrogen and oxygen atoms in total. The summed E-state index contributed by atoms with van der Waals surface area (Å²) in [6, 6.07) is 0. The summed E-state index contributed by atoms with van der Waals surface area (Å²) < 4.78 is 0.